The van der Waals surface area contributed by atoms with Crippen LogP contribution in [-0.4, -0.2) is 32.5 Å². The van der Waals surface area contributed by atoms with Gasteiger partial charge in [0.05, 0.1) is 12.5 Å². The van der Waals surface area contributed by atoms with Gasteiger partial charge in [0.25, 0.3) is 0 Å². The molecule has 0 aromatic rings. The van der Waals surface area contributed by atoms with Crippen LogP contribution in [0.3, 0.4) is 0 Å². The lowest BCUT2D eigenvalue weighted by molar-refractivity contribution is -0.179. The van der Waals surface area contributed by atoms with Gasteiger partial charge in [0.15, 0.2) is 0 Å². The van der Waals surface area contributed by atoms with Crippen molar-refractivity contribution in [2.75, 3.05) is 20.3 Å². The summed E-state index contributed by atoms with van der Waals surface area (Å²) in [6, 6.07) is -0.560. The minimum atomic E-state index is -4.09. The lowest BCUT2D eigenvalue weighted by Gasteiger charge is -2.21. The third-order valence-corrected chi connectivity index (χ3v) is 2.11. The maximum Gasteiger partial charge on any atom is 0.393 e. The van der Waals surface area contributed by atoms with E-state index in [1.807, 2.05) is 0 Å². The fourth-order valence-electron chi connectivity index (χ4n) is 1.51. The predicted octanol–water partition coefficient (Wildman–Crippen LogP) is 1.17. The number of rotatable bonds is 2. The Hall–Kier alpha value is -0.290. The average molecular weight is 183 g/mol. The average Bonchev–Trinajstić information content (AvgIpc) is 2.34. The summed E-state index contributed by atoms with van der Waals surface area (Å²) < 4.78 is 41.4. The third-order valence-electron chi connectivity index (χ3n) is 2.11. The SMILES string of the molecule is COC[C@H]1NCC[C@@H]1C(F)(F)F. The van der Waals surface area contributed by atoms with E-state index in [0.717, 1.165) is 0 Å². The Morgan fingerprint density at radius 3 is 2.67 bits per heavy atom. The van der Waals surface area contributed by atoms with Gasteiger partial charge in [0.1, 0.15) is 0 Å². The van der Waals surface area contributed by atoms with Gasteiger partial charge in [-0.1, -0.05) is 0 Å². The van der Waals surface area contributed by atoms with Crippen molar-refractivity contribution in [3.05, 3.63) is 0 Å². The molecular weight excluding hydrogens is 171 g/mol. The summed E-state index contributed by atoms with van der Waals surface area (Å²) >= 11 is 0. The van der Waals surface area contributed by atoms with Gasteiger partial charge >= 0.3 is 6.18 Å². The van der Waals surface area contributed by atoms with E-state index in [2.05, 4.69) is 10.1 Å². The van der Waals surface area contributed by atoms with Gasteiger partial charge in [-0.3, -0.25) is 0 Å². The van der Waals surface area contributed by atoms with Crippen molar-refractivity contribution in [3.8, 4) is 0 Å². The second-order valence-electron chi connectivity index (χ2n) is 2.95. The van der Waals surface area contributed by atoms with Crippen LogP contribution in [0.1, 0.15) is 6.42 Å². The first-order chi connectivity index (χ1) is 5.55. The zero-order chi connectivity index (χ0) is 9.19. The maximum absolute atomic E-state index is 12.2. The Balaban J connectivity index is 2.52. The van der Waals surface area contributed by atoms with Crippen LogP contribution < -0.4 is 5.32 Å². The lowest BCUT2D eigenvalue weighted by atomic mass is 10.0. The highest BCUT2D eigenvalue weighted by molar-refractivity contribution is 4.87. The molecule has 1 heterocycles. The molecule has 12 heavy (non-hydrogen) atoms. The second kappa shape index (κ2) is 3.62. The predicted molar refractivity (Wildman–Crippen MR) is 37.8 cm³/mol. The van der Waals surface area contributed by atoms with Gasteiger partial charge in [-0.05, 0) is 13.0 Å². The largest absolute Gasteiger partial charge is 0.393 e. The molecule has 2 nitrogen and oxygen atoms in total. The summed E-state index contributed by atoms with van der Waals surface area (Å²) in [6.45, 7) is 0.558. The Kier molecular flexibility index (Phi) is 2.95. The van der Waals surface area contributed by atoms with Crippen LogP contribution >= 0.6 is 0 Å². The molecule has 0 amide bonds. The highest BCUT2D eigenvalue weighted by Gasteiger charge is 2.46. The summed E-state index contributed by atoms with van der Waals surface area (Å²) in [4.78, 5) is 0. The van der Waals surface area contributed by atoms with Crippen molar-refractivity contribution in [3.63, 3.8) is 0 Å². The summed E-state index contributed by atoms with van der Waals surface area (Å²) in [5.41, 5.74) is 0. The van der Waals surface area contributed by atoms with Crippen LogP contribution in [0.4, 0.5) is 13.2 Å². The van der Waals surface area contributed by atoms with Crippen LogP contribution in [0.5, 0.6) is 0 Å². The number of alkyl halides is 3. The van der Waals surface area contributed by atoms with Gasteiger partial charge in [-0.15, -0.1) is 0 Å². The molecule has 1 saturated heterocycles. The first kappa shape index (κ1) is 9.80. The minimum absolute atomic E-state index is 0.129. The monoisotopic (exact) mass is 183 g/mol. The summed E-state index contributed by atoms with van der Waals surface area (Å²) in [5, 5.41) is 2.77. The first-order valence-corrected chi connectivity index (χ1v) is 3.84. The van der Waals surface area contributed by atoms with E-state index >= 15 is 0 Å². The maximum atomic E-state index is 12.2. The highest BCUT2D eigenvalue weighted by atomic mass is 19.4. The summed E-state index contributed by atoms with van der Waals surface area (Å²) in [5.74, 6) is -1.24. The highest BCUT2D eigenvalue weighted by Crippen LogP contribution is 2.34. The Morgan fingerprint density at radius 2 is 2.17 bits per heavy atom. The molecular formula is C7H12F3NO. The van der Waals surface area contributed by atoms with Crippen LogP contribution in [0.25, 0.3) is 0 Å². The van der Waals surface area contributed by atoms with E-state index < -0.39 is 18.1 Å². The molecule has 0 bridgehead atoms. The topological polar surface area (TPSA) is 21.3 Å². The number of hydrogen-bond donors (Lipinski definition) is 1. The van der Waals surface area contributed by atoms with Crippen molar-refractivity contribution in [2.45, 2.75) is 18.6 Å². The van der Waals surface area contributed by atoms with E-state index in [1.54, 1.807) is 0 Å². The van der Waals surface area contributed by atoms with Crippen molar-refractivity contribution in [1.29, 1.82) is 0 Å². The summed E-state index contributed by atoms with van der Waals surface area (Å²) in [6.07, 6.45) is -3.93. The van der Waals surface area contributed by atoms with E-state index in [-0.39, 0.29) is 13.0 Å². The Bertz CT molecular complexity index is 148. The van der Waals surface area contributed by atoms with Crippen molar-refractivity contribution < 1.29 is 17.9 Å². The van der Waals surface area contributed by atoms with Crippen molar-refractivity contribution in [2.24, 2.45) is 5.92 Å². The molecule has 72 valence electrons. The standard InChI is InChI=1S/C7H12F3NO/c1-12-4-6-5(2-3-11-6)7(8,9)10/h5-6,11H,2-4H2,1H3/t5-,6+/m0/s1. The molecule has 0 aliphatic carbocycles. The van der Waals surface area contributed by atoms with Gasteiger partial charge < -0.3 is 10.1 Å². The van der Waals surface area contributed by atoms with Crippen molar-refractivity contribution >= 4 is 0 Å². The molecule has 1 N–H and O–H groups in total. The zero-order valence-electron chi connectivity index (χ0n) is 6.82. The molecule has 1 aliphatic heterocycles. The number of nitrogens with one attached hydrogen (secondary N) is 1. The van der Waals surface area contributed by atoms with Crippen LogP contribution in [-0.2, 0) is 4.74 Å². The first-order valence-electron chi connectivity index (χ1n) is 3.84. The molecule has 0 spiro atoms. The van der Waals surface area contributed by atoms with Crippen LogP contribution in [0, 0.1) is 5.92 Å². The van der Waals surface area contributed by atoms with E-state index in [0.29, 0.717) is 6.54 Å². The molecule has 2 atom stereocenters. The molecule has 0 radical (unpaired) electrons. The molecule has 1 fully saturated rings. The number of methoxy groups -OCH3 is 1. The molecule has 0 aromatic carbocycles. The van der Waals surface area contributed by atoms with Gasteiger partial charge in [-0.2, -0.15) is 13.2 Å². The fraction of sp³-hybridized carbons (Fsp3) is 1.00. The smallest absolute Gasteiger partial charge is 0.383 e. The minimum Gasteiger partial charge on any atom is -0.383 e. The van der Waals surface area contributed by atoms with Gasteiger partial charge in [-0.25, -0.2) is 0 Å². The third kappa shape index (κ3) is 2.10. The normalized spacial score (nSPS) is 31.0. The number of ether oxygens (including phenoxy) is 1. The molecule has 0 unspecified atom stereocenters. The van der Waals surface area contributed by atoms with Crippen LogP contribution in [0.2, 0.25) is 0 Å². The Labute approximate surface area is 69.1 Å². The Morgan fingerprint density at radius 1 is 1.50 bits per heavy atom. The number of halogens is 3. The molecule has 1 aliphatic rings. The lowest BCUT2D eigenvalue weighted by Crippen LogP contribution is -2.38. The van der Waals surface area contributed by atoms with E-state index in [1.165, 1.54) is 7.11 Å². The zero-order valence-corrected chi connectivity index (χ0v) is 6.82. The summed E-state index contributed by atoms with van der Waals surface area (Å²) in [7, 11) is 1.41. The van der Waals surface area contributed by atoms with Gasteiger partial charge in [0, 0.05) is 13.2 Å². The molecule has 0 aromatic heterocycles. The van der Waals surface area contributed by atoms with Crippen molar-refractivity contribution in [1.82, 2.24) is 5.32 Å². The second-order valence-corrected chi connectivity index (χ2v) is 2.95. The van der Waals surface area contributed by atoms with E-state index in [9.17, 15) is 13.2 Å². The fourth-order valence-corrected chi connectivity index (χ4v) is 1.51. The molecule has 0 saturated carbocycles. The van der Waals surface area contributed by atoms with Crippen LogP contribution in [0.15, 0.2) is 0 Å². The molecule has 1 rings (SSSR count). The van der Waals surface area contributed by atoms with E-state index in [4.69, 9.17) is 0 Å². The number of hydrogen-bond acceptors (Lipinski definition) is 2. The van der Waals surface area contributed by atoms with Gasteiger partial charge in [0.2, 0.25) is 0 Å². The molecule has 5 heteroatoms. The quantitative estimate of drug-likeness (QED) is 0.694.